The third-order valence-corrected chi connectivity index (χ3v) is 3.51. The Balaban J connectivity index is 2.21. The number of nitrogens with zero attached hydrogens (tertiary/aromatic N) is 2. The number of hydrogen-bond acceptors (Lipinski definition) is 3. The van der Waals surface area contributed by atoms with Crippen LogP contribution in [0.1, 0.15) is 20.3 Å². The van der Waals surface area contributed by atoms with Crippen LogP contribution >= 0.6 is 11.8 Å². The summed E-state index contributed by atoms with van der Waals surface area (Å²) in [7, 11) is 0. The summed E-state index contributed by atoms with van der Waals surface area (Å²) in [6, 6.07) is 0. The van der Waals surface area contributed by atoms with Gasteiger partial charge in [0.25, 0.3) is 5.91 Å². The van der Waals surface area contributed by atoms with E-state index >= 15 is 0 Å². The van der Waals surface area contributed by atoms with Crippen molar-refractivity contribution >= 4 is 28.7 Å². The first kappa shape index (κ1) is 10.7. The molecule has 0 N–H and O–H groups in total. The maximum atomic E-state index is 12.0. The molecule has 0 aromatic carbocycles. The summed E-state index contributed by atoms with van der Waals surface area (Å²) in [6.07, 6.45) is 0.607. The van der Waals surface area contributed by atoms with E-state index in [2.05, 4.69) is 4.99 Å². The number of amidine groups is 1. The summed E-state index contributed by atoms with van der Waals surface area (Å²) < 4.78 is 0. The Labute approximate surface area is 93.1 Å². The van der Waals surface area contributed by atoms with E-state index in [1.165, 1.54) is 11.8 Å². The zero-order valence-corrected chi connectivity index (χ0v) is 9.71. The number of carbonyl (C=O) groups excluding carboxylic acids is 2. The first-order valence-electron chi connectivity index (χ1n) is 5.16. The average Bonchev–Trinajstić information content (AvgIpc) is 2.59. The highest BCUT2D eigenvalue weighted by atomic mass is 32.2. The molecule has 2 heterocycles. The second kappa shape index (κ2) is 3.96. The Morgan fingerprint density at radius 2 is 2.27 bits per heavy atom. The van der Waals surface area contributed by atoms with Crippen molar-refractivity contribution in [3.63, 3.8) is 0 Å². The number of thioether (sulfide) groups is 1. The van der Waals surface area contributed by atoms with Gasteiger partial charge in [0.05, 0.1) is 0 Å². The van der Waals surface area contributed by atoms with Crippen LogP contribution in [0.4, 0.5) is 0 Å². The summed E-state index contributed by atoms with van der Waals surface area (Å²) in [4.78, 5) is 29.2. The predicted octanol–water partition coefficient (Wildman–Crippen LogP) is 1.12. The molecule has 0 aromatic heterocycles. The minimum absolute atomic E-state index is 0.0521. The van der Waals surface area contributed by atoms with Gasteiger partial charge in [0.1, 0.15) is 5.92 Å². The van der Waals surface area contributed by atoms with Crippen LogP contribution < -0.4 is 0 Å². The Hall–Kier alpha value is -0.840. The largest absolute Gasteiger partial charge is 0.290 e. The van der Waals surface area contributed by atoms with E-state index < -0.39 is 5.92 Å². The third kappa shape index (κ3) is 1.93. The zero-order valence-electron chi connectivity index (χ0n) is 8.90. The zero-order chi connectivity index (χ0) is 11.0. The number of amides is 2. The summed E-state index contributed by atoms with van der Waals surface area (Å²) in [5.41, 5.74) is 0. The van der Waals surface area contributed by atoms with E-state index in [-0.39, 0.29) is 11.8 Å². The van der Waals surface area contributed by atoms with Crippen LogP contribution in [0.15, 0.2) is 4.99 Å². The van der Waals surface area contributed by atoms with E-state index in [1.807, 2.05) is 13.8 Å². The van der Waals surface area contributed by atoms with Crippen LogP contribution in [0.5, 0.6) is 0 Å². The fourth-order valence-electron chi connectivity index (χ4n) is 1.84. The highest BCUT2D eigenvalue weighted by Crippen LogP contribution is 2.28. The highest BCUT2D eigenvalue weighted by Gasteiger charge is 2.40. The maximum absolute atomic E-state index is 12.0. The monoisotopic (exact) mass is 226 g/mol. The first-order valence-corrected chi connectivity index (χ1v) is 6.15. The van der Waals surface area contributed by atoms with Gasteiger partial charge in [-0.1, -0.05) is 25.6 Å². The van der Waals surface area contributed by atoms with E-state index in [9.17, 15) is 9.59 Å². The minimum Gasteiger partial charge on any atom is -0.290 e. The lowest BCUT2D eigenvalue weighted by atomic mass is 9.94. The first-order chi connectivity index (χ1) is 7.09. The second-order valence-electron chi connectivity index (χ2n) is 4.25. The number of hydrogen-bond donors (Lipinski definition) is 0. The summed E-state index contributed by atoms with van der Waals surface area (Å²) >= 11 is 1.49. The Bertz CT molecular complexity index is 338. The molecule has 0 saturated carbocycles. The Kier molecular flexibility index (Phi) is 2.82. The lowest BCUT2D eigenvalue weighted by Crippen LogP contribution is -2.44. The average molecular weight is 226 g/mol. The van der Waals surface area contributed by atoms with Crippen LogP contribution in [0.2, 0.25) is 0 Å². The molecule has 82 valence electrons. The van der Waals surface area contributed by atoms with Crippen molar-refractivity contribution in [2.75, 3.05) is 12.3 Å². The molecular weight excluding hydrogens is 212 g/mol. The maximum Gasteiger partial charge on any atom is 0.260 e. The topological polar surface area (TPSA) is 49.7 Å². The van der Waals surface area contributed by atoms with Gasteiger partial charge in [-0.15, -0.1) is 0 Å². The number of fused-ring (bicyclic) bond motifs is 1. The van der Waals surface area contributed by atoms with E-state index in [1.54, 1.807) is 4.90 Å². The van der Waals surface area contributed by atoms with Crippen molar-refractivity contribution in [2.24, 2.45) is 16.8 Å². The van der Waals surface area contributed by atoms with Gasteiger partial charge in [-0.25, -0.2) is 0 Å². The van der Waals surface area contributed by atoms with Gasteiger partial charge < -0.3 is 0 Å². The molecule has 5 heteroatoms. The molecule has 15 heavy (non-hydrogen) atoms. The molecule has 1 atom stereocenters. The molecular formula is C10H14N2O2S. The lowest BCUT2D eigenvalue weighted by molar-refractivity contribution is -0.139. The summed E-state index contributed by atoms with van der Waals surface area (Å²) in [5.74, 6) is 0.354. The van der Waals surface area contributed by atoms with Crippen molar-refractivity contribution in [3.8, 4) is 0 Å². The summed E-state index contributed by atoms with van der Waals surface area (Å²) in [5, 5.41) is 0.602. The van der Waals surface area contributed by atoms with Gasteiger partial charge in [0.15, 0.2) is 5.17 Å². The predicted molar refractivity (Wildman–Crippen MR) is 59.6 cm³/mol. The van der Waals surface area contributed by atoms with Crippen molar-refractivity contribution in [1.82, 2.24) is 4.90 Å². The molecule has 0 spiro atoms. The van der Waals surface area contributed by atoms with Crippen LogP contribution in [0, 0.1) is 11.8 Å². The van der Waals surface area contributed by atoms with Crippen LogP contribution in [-0.2, 0) is 9.59 Å². The van der Waals surface area contributed by atoms with Crippen LogP contribution in [0.3, 0.4) is 0 Å². The SMILES string of the molecule is CC(C)CC1C(=O)N=C2SCCN2C1=O. The quantitative estimate of drug-likeness (QED) is 0.663. The van der Waals surface area contributed by atoms with Gasteiger partial charge in [-0.05, 0) is 12.3 Å². The van der Waals surface area contributed by atoms with Crippen molar-refractivity contribution in [1.29, 1.82) is 0 Å². The molecule has 2 amide bonds. The molecule has 1 fully saturated rings. The van der Waals surface area contributed by atoms with Gasteiger partial charge in [0, 0.05) is 12.3 Å². The van der Waals surface area contributed by atoms with Gasteiger partial charge in [0.2, 0.25) is 5.91 Å². The van der Waals surface area contributed by atoms with E-state index in [4.69, 9.17) is 0 Å². The number of carbonyl (C=O) groups is 2. The van der Waals surface area contributed by atoms with Crippen LogP contribution in [0.25, 0.3) is 0 Å². The van der Waals surface area contributed by atoms with E-state index in [0.29, 0.717) is 24.1 Å². The molecule has 4 nitrogen and oxygen atoms in total. The molecule has 2 aliphatic rings. The molecule has 0 aliphatic carbocycles. The lowest BCUT2D eigenvalue weighted by Gasteiger charge is -2.26. The van der Waals surface area contributed by atoms with Gasteiger partial charge >= 0.3 is 0 Å². The smallest absolute Gasteiger partial charge is 0.260 e. The van der Waals surface area contributed by atoms with Crippen molar-refractivity contribution < 1.29 is 9.59 Å². The molecule has 0 bridgehead atoms. The minimum atomic E-state index is -0.535. The fraction of sp³-hybridized carbons (Fsp3) is 0.700. The van der Waals surface area contributed by atoms with Gasteiger partial charge in [-0.3, -0.25) is 14.5 Å². The molecule has 0 radical (unpaired) electrons. The van der Waals surface area contributed by atoms with Crippen LogP contribution in [-0.4, -0.2) is 34.2 Å². The normalized spacial score (nSPS) is 25.9. The highest BCUT2D eigenvalue weighted by molar-refractivity contribution is 8.14. The number of aliphatic imine (C=N–C) groups is 1. The molecule has 2 rings (SSSR count). The Morgan fingerprint density at radius 1 is 1.53 bits per heavy atom. The molecule has 1 unspecified atom stereocenters. The summed E-state index contributed by atoms with van der Waals surface area (Å²) in [6.45, 7) is 4.72. The second-order valence-corrected chi connectivity index (χ2v) is 5.32. The standard InChI is InChI=1S/C10H14N2O2S/c1-6(2)5-7-8(13)11-10-12(9(7)14)3-4-15-10/h6-7H,3-5H2,1-2H3. The molecule has 2 aliphatic heterocycles. The molecule has 1 saturated heterocycles. The fourth-order valence-corrected chi connectivity index (χ4v) is 2.79. The van der Waals surface area contributed by atoms with Crippen molar-refractivity contribution in [2.45, 2.75) is 20.3 Å². The van der Waals surface area contributed by atoms with Gasteiger partial charge in [-0.2, -0.15) is 4.99 Å². The third-order valence-electron chi connectivity index (χ3n) is 2.55. The van der Waals surface area contributed by atoms with Crippen molar-refractivity contribution in [3.05, 3.63) is 0 Å². The Morgan fingerprint density at radius 3 is 2.93 bits per heavy atom. The number of rotatable bonds is 2. The molecule has 0 aromatic rings. The van der Waals surface area contributed by atoms with E-state index in [0.717, 1.165) is 5.75 Å².